The number of aromatic nitrogens is 2. The summed E-state index contributed by atoms with van der Waals surface area (Å²) in [5.74, 6) is -0.588. The van der Waals surface area contributed by atoms with Crippen LogP contribution in [-0.4, -0.2) is 38.6 Å². The lowest BCUT2D eigenvalue weighted by Gasteiger charge is -2.18. The summed E-state index contributed by atoms with van der Waals surface area (Å²) in [6.45, 7) is 2.14. The third kappa shape index (κ3) is 3.80. The summed E-state index contributed by atoms with van der Waals surface area (Å²) in [7, 11) is 0. The molecule has 4 aromatic rings. The maximum absolute atomic E-state index is 13.4. The van der Waals surface area contributed by atoms with Crippen molar-refractivity contribution in [1.82, 2.24) is 19.9 Å². The van der Waals surface area contributed by atoms with Gasteiger partial charge in [-0.15, -0.1) is 11.3 Å². The van der Waals surface area contributed by atoms with E-state index >= 15 is 0 Å². The minimum absolute atomic E-state index is 0.175. The minimum Gasteiger partial charge on any atom is -0.346 e. The lowest BCUT2D eigenvalue weighted by Crippen LogP contribution is -2.39. The molecule has 1 atom stereocenters. The quantitative estimate of drug-likeness (QED) is 0.509. The molecule has 1 aromatic carbocycles. The highest BCUT2D eigenvalue weighted by Crippen LogP contribution is 2.28. The topological polar surface area (TPSA) is 79.6 Å². The van der Waals surface area contributed by atoms with E-state index in [4.69, 9.17) is 0 Å². The van der Waals surface area contributed by atoms with Crippen LogP contribution in [0.4, 0.5) is 0 Å². The Bertz CT molecular complexity index is 1310. The third-order valence-electron chi connectivity index (χ3n) is 5.43. The van der Waals surface area contributed by atoms with E-state index in [9.17, 15) is 9.59 Å². The zero-order valence-electron chi connectivity index (χ0n) is 17.4. The lowest BCUT2D eigenvalue weighted by molar-refractivity contribution is -0.122. The molecule has 0 saturated heterocycles. The SMILES string of the molecule is CC(NC(=O)CN1N=C(c2ccccc2)Cn2c(cc3sccc32)C1=O)c1ccccn1. The smallest absolute Gasteiger partial charge is 0.291 e. The molecular formula is C24H21N5O2S. The molecule has 0 radical (unpaired) electrons. The van der Waals surface area contributed by atoms with Gasteiger partial charge in [-0.1, -0.05) is 36.4 Å². The van der Waals surface area contributed by atoms with Crippen LogP contribution >= 0.6 is 11.3 Å². The van der Waals surface area contributed by atoms with Crippen LogP contribution in [0.1, 0.15) is 34.7 Å². The Labute approximate surface area is 189 Å². The van der Waals surface area contributed by atoms with E-state index < -0.39 is 0 Å². The second kappa shape index (κ2) is 8.39. The number of nitrogens with one attached hydrogen (secondary N) is 1. The lowest BCUT2D eigenvalue weighted by atomic mass is 10.1. The first kappa shape index (κ1) is 20.1. The molecule has 1 N–H and O–H groups in total. The average molecular weight is 444 g/mol. The largest absolute Gasteiger partial charge is 0.346 e. The van der Waals surface area contributed by atoms with Crippen molar-refractivity contribution in [3.63, 3.8) is 0 Å². The van der Waals surface area contributed by atoms with Crippen LogP contribution in [0.25, 0.3) is 10.2 Å². The highest BCUT2D eigenvalue weighted by Gasteiger charge is 2.28. The highest BCUT2D eigenvalue weighted by atomic mass is 32.1. The van der Waals surface area contributed by atoms with Gasteiger partial charge in [0, 0.05) is 6.20 Å². The van der Waals surface area contributed by atoms with Gasteiger partial charge in [-0.25, -0.2) is 5.01 Å². The Morgan fingerprint density at radius 3 is 2.75 bits per heavy atom. The molecule has 0 spiro atoms. The van der Waals surface area contributed by atoms with Gasteiger partial charge in [0.15, 0.2) is 0 Å². The predicted molar refractivity (Wildman–Crippen MR) is 125 cm³/mol. The van der Waals surface area contributed by atoms with Crippen molar-refractivity contribution in [1.29, 1.82) is 0 Å². The molecule has 5 rings (SSSR count). The molecule has 1 unspecified atom stereocenters. The Kier molecular flexibility index (Phi) is 5.28. The molecule has 0 bridgehead atoms. The van der Waals surface area contributed by atoms with Gasteiger partial charge in [0.05, 0.1) is 34.2 Å². The van der Waals surface area contributed by atoms with Gasteiger partial charge in [-0.2, -0.15) is 5.10 Å². The molecule has 4 heterocycles. The molecule has 2 amide bonds. The summed E-state index contributed by atoms with van der Waals surface area (Å²) in [6.07, 6.45) is 1.69. The second-order valence-corrected chi connectivity index (χ2v) is 8.55. The van der Waals surface area contributed by atoms with Gasteiger partial charge >= 0.3 is 0 Å². The van der Waals surface area contributed by atoms with Crippen molar-refractivity contribution in [3.05, 3.63) is 89.2 Å². The van der Waals surface area contributed by atoms with Crippen molar-refractivity contribution in [3.8, 4) is 0 Å². The van der Waals surface area contributed by atoms with E-state index in [0.717, 1.165) is 27.2 Å². The highest BCUT2D eigenvalue weighted by molar-refractivity contribution is 7.17. The fourth-order valence-corrected chi connectivity index (χ4v) is 4.67. The summed E-state index contributed by atoms with van der Waals surface area (Å²) in [5, 5.41) is 10.8. The first-order valence-corrected chi connectivity index (χ1v) is 11.2. The van der Waals surface area contributed by atoms with Crippen LogP contribution in [-0.2, 0) is 11.3 Å². The van der Waals surface area contributed by atoms with Crippen LogP contribution in [0.5, 0.6) is 0 Å². The number of pyridine rings is 1. The van der Waals surface area contributed by atoms with Crippen molar-refractivity contribution < 1.29 is 9.59 Å². The zero-order chi connectivity index (χ0) is 22.1. The van der Waals surface area contributed by atoms with E-state index in [1.807, 2.05) is 77.5 Å². The first-order chi connectivity index (χ1) is 15.6. The summed E-state index contributed by atoms with van der Waals surface area (Å²) >= 11 is 1.59. The van der Waals surface area contributed by atoms with Crippen molar-refractivity contribution in [2.75, 3.05) is 6.54 Å². The van der Waals surface area contributed by atoms with Crippen LogP contribution in [0.15, 0.2) is 77.3 Å². The molecular weight excluding hydrogens is 422 g/mol. The van der Waals surface area contributed by atoms with E-state index in [0.29, 0.717) is 12.2 Å². The number of carbonyl (C=O) groups is 2. The number of rotatable bonds is 5. The number of hydrogen-bond donors (Lipinski definition) is 1. The molecule has 0 aliphatic carbocycles. The number of fused-ring (bicyclic) bond motifs is 3. The van der Waals surface area contributed by atoms with Crippen LogP contribution in [0.2, 0.25) is 0 Å². The molecule has 32 heavy (non-hydrogen) atoms. The molecule has 160 valence electrons. The number of carbonyl (C=O) groups excluding carboxylic acids is 2. The van der Waals surface area contributed by atoms with E-state index in [1.54, 1.807) is 17.5 Å². The van der Waals surface area contributed by atoms with Gasteiger partial charge < -0.3 is 9.88 Å². The predicted octanol–water partition coefficient (Wildman–Crippen LogP) is 3.84. The van der Waals surface area contributed by atoms with E-state index in [-0.39, 0.29) is 24.4 Å². The summed E-state index contributed by atoms with van der Waals surface area (Å²) in [4.78, 5) is 30.5. The molecule has 0 fully saturated rings. The molecule has 7 nitrogen and oxygen atoms in total. The number of nitrogens with zero attached hydrogens (tertiary/aromatic N) is 4. The van der Waals surface area contributed by atoms with Crippen LogP contribution in [0.3, 0.4) is 0 Å². The van der Waals surface area contributed by atoms with Gasteiger partial charge in [-0.3, -0.25) is 14.6 Å². The second-order valence-electron chi connectivity index (χ2n) is 7.61. The number of hydrazone groups is 1. The van der Waals surface area contributed by atoms with Crippen LogP contribution < -0.4 is 5.32 Å². The van der Waals surface area contributed by atoms with Gasteiger partial charge in [0.1, 0.15) is 12.2 Å². The van der Waals surface area contributed by atoms with Crippen molar-refractivity contribution in [2.45, 2.75) is 19.5 Å². The molecule has 8 heteroatoms. The van der Waals surface area contributed by atoms with Gasteiger partial charge in [-0.05, 0) is 42.1 Å². The number of benzene rings is 1. The zero-order valence-corrected chi connectivity index (χ0v) is 18.2. The fraction of sp³-hybridized carbons (Fsp3) is 0.167. The Hall–Kier alpha value is -3.78. The van der Waals surface area contributed by atoms with Gasteiger partial charge in [0.25, 0.3) is 5.91 Å². The number of thiophene rings is 1. The number of hydrogen-bond acceptors (Lipinski definition) is 5. The Morgan fingerprint density at radius 1 is 1.16 bits per heavy atom. The Balaban J connectivity index is 1.46. The maximum atomic E-state index is 13.4. The number of amides is 2. The monoisotopic (exact) mass is 443 g/mol. The van der Waals surface area contributed by atoms with Gasteiger partial charge in [0.2, 0.25) is 5.91 Å². The Morgan fingerprint density at radius 2 is 1.97 bits per heavy atom. The summed E-state index contributed by atoms with van der Waals surface area (Å²) in [5.41, 5.74) is 3.93. The minimum atomic E-state index is -0.297. The molecule has 3 aromatic heterocycles. The van der Waals surface area contributed by atoms with Crippen molar-refractivity contribution in [2.24, 2.45) is 5.10 Å². The van der Waals surface area contributed by atoms with E-state index in [1.165, 1.54) is 5.01 Å². The summed E-state index contributed by atoms with van der Waals surface area (Å²) < 4.78 is 3.02. The van der Waals surface area contributed by atoms with E-state index in [2.05, 4.69) is 15.4 Å². The van der Waals surface area contributed by atoms with Crippen LogP contribution in [0, 0.1) is 0 Å². The standard InChI is InChI=1S/C24H21N5O2S/c1-16(18-9-5-6-11-25-18)26-23(30)15-29-24(31)21-13-22-20(10-12-32-22)28(21)14-19(27-29)17-7-3-2-4-8-17/h2-13,16H,14-15H2,1H3,(H,26,30). The van der Waals surface area contributed by atoms with Crippen molar-refractivity contribution >= 4 is 39.1 Å². The summed E-state index contributed by atoms with van der Waals surface area (Å²) in [6, 6.07) is 18.9. The molecule has 0 saturated carbocycles. The normalized spacial score (nSPS) is 14.6. The molecule has 1 aliphatic heterocycles. The molecule has 1 aliphatic rings. The average Bonchev–Trinajstić information content (AvgIpc) is 3.38. The fourth-order valence-electron chi connectivity index (χ4n) is 3.85. The first-order valence-electron chi connectivity index (χ1n) is 10.3. The maximum Gasteiger partial charge on any atom is 0.291 e. The third-order valence-corrected chi connectivity index (χ3v) is 6.29.